The van der Waals surface area contributed by atoms with Gasteiger partial charge in [-0.25, -0.2) is 10.2 Å². The number of nitrogens with one attached hydrogen (secondary N) is 1. The lowest BCUT2D eigenvalue weighted by molar-refractivity contribution is -0.142. The number of carbonyl (C=O) groups is 2. The highest BCUT2D eigenvalue weighted by molar-refractivity contribution is 5.97. The van der Waals surface area contributed by atoms with Crippen LogP contribution < -0.4 is 19.6 Å². The van der Waals surface area contributed by atoms with E-state index in [4.69, 9.17) is 14.2 Å². The molecule has 1 N–H and O–H groups in total. The van der Waals surface area contributed by atoms with E-state index < -0.39 is 11.9 Å². The van der Waals surface area contributed by atoms with Crippen molar-refractivity contribution in [3.63, 3.8) is 0 Å². The predicted octanol–water partition coefficient (Wildman–Crippen LogP) is 2.02. The van der Waals surface area contributed by atoms with Crippen LogP contribution in [-0.4, -0.2) is 46.0 Å². The summed E-state index contributed by atoms with van der Waals surface area (Å²) in [6.45, 7) is -0.163. The zero-order valence-electron chi connectivity index (χ0n) is 15.2. The SMILES string of the molecule is COC(=O)COc1ccc(C=NNC(=O)c2ccc(OC)cc2OC)cc1. The van der Waals surface area contributed by atoms with Crippen molar-refractivity contribution in [3.8, 4) is 17.2 Å². The quantitative estimate of drug-likeness (QED) is 0.433. The lowest BCUT2D eigenvalue weighted by atomic mass is 10.2. The number of hydrazone groups is 1. The summed E-state index contributed by atoms with van der Waals surface area (Å²) in [6, 6.07) is 11.7. The van der Waals surface area contributed by atoms with Crippen LogP contribution in [0.2, 0.25) is 0 Å². The molecule has 2 aromatic rings. The van der Waals surface area contributed by atoms with E-state index in [9.17, 15) is 9.59 Å². The van der Waals surface area contributed by atoms with Crippen LogP contribution in [0.5, 0.6) is 17.2 Å². The van der Waals surface area contributed by atoms with E-state index in [0.29, 0.717) is 22.8 Å². The Balaban J connectivity index is 1.95. The highest BCUT2D eigenvalue weighted by Gasteiger charge is 2.12. The molecule has 0 aromatic heterocycles. The van der Waals surface area contributed by atoms with Crippen LogP contribution in [0.15, 0.2) is 47.6 Å². The van der Waals surface area contributed by atoms with Crippen molar-refractivity contribution in [3.05, 3.63) is 53.6 Å². The lowest BCUT2D eigenvalue weighted by Crippen LogP contribution is -2.18. The third kappa shape index (κ3) is 5.74. The Morgan fingerprint density at radius 1 is 1.00 bits per heavy atom. The number of ether oxygens (including phenoxy) is 4. The van der Waals surface area contributed by atoms with Crippen molar-refractivity contribution in [1.82, 2.24) is 5.43 Å². The second-order valence-electron chi connectivity index (χ2n) is 5.20. The van der Waals surface area contributed by atoms with E-state index in [0.717, 1.165) is 5.56 Å². The summed E-state index contributed by atoms with van der Waals surface area (Å²) in [6.07, 6.45) is 1.48. The molecular formula is C19H20N2O6. The van der Waals surface area contributed by atoms with Gasteiger partial charge in [0.15, 0.2) is 6.61 Å². The van der Waals surface area contributed by atoms with Crippen LogP contribution in [0.25, 0.3) is 0 Å². The smallest absolute Gasteiger partial charge is 0.343 e. The molecule has 0 unspecified atom stereocenters. The molecule has 2 aromatic carbocycles. The van der Waals surface area contributed by atoms with E-state index in [1.165, 1.54) is 27.5 Å². The first-order valence-electron chi connectivity index (χ1n) is 7.92. The van der Waals surface area contributed by atoms with Crippen LogP contribution in [0.3, 0.4) is 0 Å². The monoisotopic (exact) mass is 372 g/mol. The van der Waals surface area contributed by atoms with E-state index in [1.807, 2.05) is 0 Å². The van der Waals surface area contributed by atoms with E-state index in [1.54, 1.807) is 42.5 Å². The van der Waals surface area contributed by atoms with Crippen LogP contribution in [0.1, 0.15) is 15.9 Å². The highest BCUT2D eigenvalue weighted by Crippen LogP contribution is 2.24. The van der Waals surface area contributed by atoms with E-state index >= 15 is 0 Å². The molecule has 0 aliphatic carbocycles. The van der Waals surface area contributed by atoms with Gasteiger partial charge in [0.2, 0.25) is 0 Å². The molecule has 0 fully saturated rings. The second kappa shape index (κ2) is 9.81. The number of hydrogen-bond donors (Lipinski definition) is 1. The Morgan fingerprint density at radius 3 is 2.33 bits per heavy atom. The molecule has 1 amide bonds. The van der Waals surface area contributed by atoms with Crippen molar-refractivity contribution in [1.29, 1.82) is 0 Å². The second-order valence-corrected chi connectivity index (χ2v) is 5.20. The molecule has 0 heterocycles. The topological polar surface area (TPSA) is 95.5 Å². The molecule has 27 heavy (non-hydrogen) atoms. The fourth-order valence-electron chi connectivity index (χ4n) is 2.06. The highest BCUT2D eigenvalue weighted by atomic mass is 16.6. The number of carbonyl (C=O) groups excluding carboxylic acids is 2. The molecule has 0 aliphatic heterocycles. The molecule has 0 bridgehead atoms. The standard InChI is InChI=1S/C19H20N2O6/c1-24-15-8-9-16(17(10-15)25-2)19(23)21-20-11-13-4-6-14(7-5-13)27-12-18(22)26-3/h4-11H,12H2,1-3H3,(H,21,23). The zero-order valence-corrected chi connectivity index (χ0v) is 15.2. The van der Waals surface area contributed by atoms with Crippen LogP contribution in [-0.2, 0) is 9.53 Å². The van der Waals surface area contributed by atoms with Gasteiger partial charge in [-0.3, -0.25) is 4.79 Å². The summed E-state index contributed by atoms with van der Waals surface area (Å²) in [4.78, 5) is 23.3. The summed E-state index contributed by atoms with van der Waals surface area (Å²) < 4.78 is 20.0. The fraction of sp³-hybridized carbons (Fsp3) is 0.211. The van der Waals surface area contributed by atoms with Crippen molar-refractivity contribution < 1.29 is 28.5 Å². The molecule has 0 aliphatic rings. The fourth-order valence-corrected chi connectivity index (χ4v) is 2.06. The van der Waals surface area contributed by atoms with Gasteiger partial charge >= 0.3 is 5.97 Å². The summed E-state index contributed by atoms with van der Waals surface area (Å²) in [5.74, 6) is 0.612. The number of methoxy groups -OCH3 is 3. The number of amides is 1. The number of benzene rings is 2. The summed E-state index contributed by atoms with van der Waals surface area (Å²) >= 11 is 0. The average Bonchev–Trinajstić information content (AvgIpc) is 2.72. The first kappa shape index (κ1) is 19.8. The molecule has 142 valence electrons. The largest absolute Gasteiger partial charge is 0.497 e. The Kier molecular flexibility index (Phi) is 7.18. The van der Waals surface area contributed by atoms with Gasteiger partial charge in [0.25, 0.3) is 5.91 Å². The molecule has 0 radical (unpaired) electrons. The van der Waals surface area contributed by atoms with Crippen molar-refractivity contribution in [2.45, 2.75) is 0 Å². The van der Waals surface area contributed by atoms with E-state index in [-0.39, 0.29) is 6.61 Å². The number of rotatable bonds is 8. The minimum atomic E-state index is -0.461. The molecule has 2 rings (SSSR count). The molecule has 0 saturated carbocycles. The molecule has 0 saturated heterocycles. The van der Waals surface area contributed by atoms with E-state index in [2.05, 4.69) is 15.3 Å². The Labute approximate surface area is 156 Å². The normalized spacial score (nSPS) is 10.3. The van der Waals surface area contributed by atoms with Gasteiger partial charge in [-0.2, -0.15) is 5.10 Å². The van der Waals surface area contributed by atoms with Gasteiger partial charge < -0.3 is 18.9 Å². The minimum absolute atomic E-state index is 0.163. The maximum Gasteiger partial charge on any atom is 0.343 e. The average molecular weight is 372 g/mol. The Bertz CT molecular complexity index is 817. The summed E-state index contributed by atoms with van der Waals surface area (Å²) in [7, 11) is 4.30. The molecular weight excluding hydrogens is 352 g/mol. The Hall–Kier alpha value is -3.55. The first-order chi connectivity index (χ1) is 13.1. The van der Waals surface area contributed by atoms with Crippen LogP contribution in [0.4, 0.5) is 0 Å². The third-order valence-electron chi connectivity index (χ3n) is 3.50. The van der Waals surface area contributed by atoms with Crippen LogP contribution in [0, 0.1) is 0 Å². The van der Waals surface area contributed by atoms with Gasteiger partial charge in [0.1, 0.15) is 17.2 Å². The van der Waals surface area contributed by atoms with Gasteiger partial charge in [0, 0.05) is 6.07 Å². The van der Waals surface area contributed by atoms with Crippen molar-refractivity contribution in [2.24, 2.45) is 5.10 Å². The van der Waals surface area contributed by atoms with Gasteiger partial charge in [-0.05, 0) is 42.0 Å². The maximum atomic E-state index is 12.2. The van der Waals surface area contributed by atoms with Gasteiger partial charge in [0.05, 0.1) is 33.1 Å². The molecule has 0 spiro atoms. The lowest BCUT2D eigenvalue weighted by Gasteiger charge is -2.08. The van der Waals surface area contributed by atoms with Crippen molar-refractivity contribution in [2.75, 3.05) is 27.9 Å². The molecule has 8 nitrogen and oxygen atoms in total. The predicted molar refractivity (Wildman–Crippen MR) is 98.6 cm³/mol. The van der Waals surface area contributed by atoms with Crippen molar-refractivity contribution >= 4 is 18.1 Å². The number of esters is 1. The Morgan fingerprint density at radius 2 is 1.70 bits per heavy atom. The maximum absolute atomic E-state index is 12.2. The summed E-state index contributed by atoms with van der Waals surface area (Å²) in [5.41, 5.74) is 3.51. The summed E-state index contributed by atoms with van der Waals surface area (Å²) in [5, 5.41) is 3.93. The van der Waals surface area contributed by atoms with Crippen LogP contribution >= 0.6 is 0 Å². The van der Waals surface area contributed by atoms with Gasteiger partial charge in [-0.1, -0.05) is 0 Å². The zero-order chi connectivity index (χ0) is 19.6. The third-order valence-corrected chi connectivity index (χ3v) is 3.50. The molecule has 8 heteroatoms. The van der Waals surface area contributed by atoms with Gasteiger partial charge in [-0.15, -0.1) is 0 Å². The number of nitrogens with zero attached hydrogens (tertiary/aromatic N) is 1. The minimum Gasteiger partial charge on any atom is -0.497 e. The first-order valence-corrected chi connectivity index (χ1v) is 7.92. The number of hydrogen-bond acceptors (Lipinski definition) is 7. The molecule has 0 atom stereocenters.